The number of hydrogen-bond donors (Lipinski definition) is 2. The summed E-state index contributed by atoms with van der Waals surface area (Å²) in [6.45, 7) is 10.7. The summed E-state index contributed by atoms with van der Waals surface area (Å²) in [6, 6.07) is 5.84. The van der Waals surface area contributed by atoms with Gasteiger partial charge in [-0.3, -0.25) is 0 Å². The van der Waals surface area contributed by atoms with Gasteiger partial charge in [0.05, 0.1) is 0 Å². The normalized spacial score (nSPS) is 11.4. The van der Waals surface area contributed by atoms with E-state index in [1.165, 1.54) is 0 Å². The molecule has 0 spiro atoms. The molecule has 0 aliphatic rings. The maximum Gasteiger partial charge on any atom is 0.123 e. The van der Waals surface area contributed by atoms with E-state index in [4.69, 9.17) is 0 Å². The van der Waals surface area contributed by atoms with Gasteiger partial charge in [-0.05, 0) is 32.8 Å². The van der Waals surface area contributed by atoms with Gasteiger partial charge in [0.25, 0.3) is 0 Å². The van der Waals surface area contributed by atoms with Crippen molar-refractivity contribution in [2.75, 3.05) is 0 Å². The van der Waals surface area contributed by atoms with Crippen LogP contribution in [-0.2, 0) is 13.0 Å². The number of nitrogens with one attached hydrogen (secondary N) is 1. The molecule has 0 saturated carbocycles. The average Bonchev–Trinajstić information content (AvgIpc) is 2.18. The molecule has 2 N–H and O–H groups in total. The zero-order valence-electron chi connectivity index (χ0n) is 10.4. The lowest BCUT2D eigenvalue weighted by atomic mass is 10.0. The van der Waals surface area contributed by atoms with E-state index in [1.807, 2.05) is 18.2 Å². The third-order valence-corrected chi connectivity index (χ3v) is 2.38. The molecular weight excluding hydrogens is 198 g/mol. The first-order valence-electron chi connectivity index (χ1n) is 5.59. The Balaban J connectivity index is 2.80. The van der Waals surface area contributed by atoms with E-state index < -0.39 is 0 Å². The summed E-state index contributed by atoms with van der Waals surface area (Å²) in [5.74, 6) is 0.388. The molecule has 0 atom stereocenters. The van der Waals surface area contributed by atoms with Crippen molar-refractivity contribution in [3.63, 3.8) is 0 Å². The van der Waals surface area contributed by atoms with Crippen LogP contribution in [-0.4, -0.2) is 10.6 Å². The smallest absolute Gasteiger partial charge is 0.123 e. The van der Waals surface area contributed by atoms with Crippen LogP contribution < -0.4 is 5.32 Å². The average molecular weight is 219 g/mol. The van der Waals surface area contributed by atoms with Crippen molar-refractivity contribution < 1.29 is 5.11 Å². The van der Waals surface area contributed by atoms with Crippen LogP contribution in [0.15, 0.2) is 30.9 Å². The minimum atomic E-state index is 0.0564. The Labute approximate surface area is 98.0 Å². The molecule has 1 rings (SSSR count). The Morgan fingerprint density at radius 3 is 2.50 bits per heavy atom. The van der Waals surface area contributed by atoms with Crippen LogP contribution >= 0.6 is 0 Å². The molecule has 16 heavy (non-hydrogen) atoms. The highest BCUT2D eigenvalue weighted by Crippen LogP contribution is 2.23. The van der Waals surface area contributed by atoms with Crippen molar-refractivity contribution in [1.82, 2.24) is 5.32 Å². The lowest BCUT2D eigenvalue weighted by Crippen LogP contribution is -2.35. The van der Waals surface area contributed by atoms with Crippen LogP contribution in [0.3, 0.4) is 0 Å². The lowest BCUT2D eigenvalue weighted by Gasteiger charge is -2.21. The van der Waals surface area contributed by atoms with E-state index in [9.17, 15) is 5.11 Å². The highest BCUT2D eigenvalue weighted by molar-refractivity contribution is 5.41. The van der Waals surface area contributed by atoms with E-state index in [1.54, 1.807) is 6.08 Å². The first-order valence-corrected chi connectivity index (χ1v) is 5.59. The molecule has 0 radical (unpaired) electrons. The van der Waals surface area contributed by atoms with E-state index >= 15 is 0 Å². The van der Waals surface area contributed by atoms with Crippen molar-refractivity contribution in [3.8, 4) is 5.75 Å². The van der Waals surface area contributed by atoms with Crippen LogP contribution in [0.5, 0.6) is 5.75 Å². The fourth-order valence-corrected chi connectivity index (χ4v) is 1.47. The molecule has 1 aromatic rings. The number of benzene rings is 1. The summed E-state index contributed by atoms with van der Waals surface area (Å²) in [4.78, 5) is 0. The van der Waals surface area contributed by atoms with Gasteiger partial charge >= 0.3 is 0 Å². The number of para-hydroxylation sites is 1. The third kappa shape index (κ3) is 3.70. The second-order valence-corrected chi connectivity index (χ2v) is 5.02. The molecule has 0 bridgehead atoms. The van der Waals surface area contributed by atoms with Gasteiger partial charge in [-0.2, -0.15) is 0 Å². The fraction of sp³-hybridized carbons (Fsp3) is 0.429. The summed E-state index contributed by atoms with van der Waals surface area (Å²) < 4.78 is 0. The number of aromatic hydroxyl groups is 1. The maximum absolute atomic E-state index is 10.0. The Morgan fingerprint density at radius 2 is 1.94 bits per heavy atom. The standard InChI is InChI=1S/C14H21NO/c1-5-7-11-8-6-9-12(13(11)16)10-15-14(2,3)4/h5-6,8-9,15-16H,1,7,10H2,2-4H3. The fourth-order valence-electron chi connectivity index (χ4n) is 1.47. The maximum atomic E-state index is 10.0. The van der Waals surface area contributed by atoms with E-state index in [-0.39, 0.29) is 5.54 Å². The molecule has 0 unspecified atom stereocenters. The molecule has 0 aliphatic heterocycles. The molecule has 1 aromatic carbocycles. The van der Waals surface area contributed by atoms with Gasteiger partial charge in [0, 0.05) is 17.6 Å². The van der Waals surface area contributed by atoms with Gasteiger partial charge in [0.15, 0.2) is 0 Å². The molecule has 0 aliphatic carbocycles. The summed E-state index contributed by atoms with van der Waals surface area (Å²) in [7, 11) is 0. The zero-order chi connectivity index (χ0) is 12.2. The topological polar surface area (TPSA) is 32.3 Å². The van der Waals surface area contributed by atoms with Crippen LogP contribution in [0.25, 0.3) is 0 Å². The Kier molecular flexibility index (Phi) is 4.13. The SMILES string of the molecule is C=CCc1cccc(CNC(C)(C)C)c1O. The van der Waals surface area contributed by atoms with Crippen molar-refractivity contribution in [1.29, 1.82) is 0 Å². The lowest BCUT2D eigenvalue weighted by molar-refractivity contribution is 0.410. The highest BCUT2D eigenvalue weighted by atomic mass is 16.3. The van der Waals surface area contributed by atoms with E-state index in [2.05, 4.69) is 32.7 Å². The first-order chi connectivity index (χ1) is 7.44. The van der Waals surface area contributed by atoms with Crippen molar-refractivity contribution >= 4 is 0 Å². The van der Waals surface area contributed by atoms with Crippen molar-refractivity contribution in [2.45, 2.75) is 39.3 Å². The van der Waals surface area contributed by atoms with Gasteiger partial charge in [-0.25, -0.2) is 0 Å². The van der Waals surface area contributed by atoms with Crippen LogP contribution in [0.1, 0.15) is 31.9 Å². The number of allylic oxidation sites excluding steroid dienone is 1. The summed E-state index contributed by atoms with van der Waals surface area (Å²) in [5.41, 5.74) is 1.93. The number of hydrogen-bond acceptors (Lipinski definition) is 2. The quantitative estimate of drug-likeness (QED) is 0.763. The highest BCUT2D eigenvalue weighted by Gasteiger charge is 2.11. The Hall–Kier alpha value is -1.28. The number of phenolic OH excluding ortho intramolecular Hbond substituents is 1. The molecule has 0 aromatic heterocycles. The van der Waals surface area contributed by atoms with Gasteiger partial charge in [0.1, 0.15) is 5.75 Å². The minimum Gasteiger partial charge on any atom is -0.507 e. The molecule has 2 heteroatoms. The molecule has 2 nitrogen and oxygen atoms in total. The third-order valence-electron chi connectivity index (χ3n) is 2.38. The predicted octanol–water partition coefficient (Wildman–Crippen LogP) is 3.01. The van der Waals surface area contributed by atoms with Crippen LogP contribution in [0.4, 0.5) is 0 Å². The Bertz CT molecular complexity index is 363. The molecule has 0 heterocycles. The van der Waals surface area contributed by atoms with Gasteiger partial charge in [0.2, 0.25) is 0 Å². The van der Waals surface area contributed by atoms with Gasteiger partial charge in [-0.15, -0.1) is 6.58 Å². The van der Waals surface area contributed by atoms with Gasteiger partial charge < -0.3 is 10.4 Å². The van der Waals surface area contributed by atoms with Gasteiger partial charge in [-0.1, -0.05) is 24.3 Å². The van der Waals surface area contributed by atoms with E-state index in [0.29, 0.717) is 18.7 Å². The number of phenols is 1. The Morgan fingerprint density at radius 1 is 1.31 bits per heavy atom. The number of rotatable bonds is 4. The van der Waals surface area contributed by atoms with E-state index in [0.717, 1.165) is 11.1 Å². The molecule has 0 fully saturated rings. The summed E-state index contributed by atoms with van der Waals surface area (Å²) in [5, 5.41) is 13.4. The zero-order valence-corrected chi connectivity index (χ0v) is 10.4. The second kappa shape index (κ2) is 5.17. The first kappa shape index (κ1) is 12.8. The molecule has 88 valence electrons. The van der Waals surface area contributed by atoms with Crippen LogP contribution in [0.2, 0.25) is 0 Å². The molecule has 0 saturated heterocycles. The monoisotopic (exact) mass is 219 g/mol. The molecule has 0 amide bonds. The summed E-state index contributed by atoms with van der Waals surface area (Å²) in [6.07, 6.45) is 2.51. The van der Waals surface area contributed by atoms with Crippen LogP contribution in [0, 0.1) is 0 Å². The summed E-state index contributed by atoms with van der Waals surface area (Å²) >= 11 is 0. The second-order valence-electron chi connectivity index (χ2n) is 5.02. The molecular formula is C14H21NO. The predicted molar refractivity (Wildman–Crippen MR) is 68.6 cm³/mol. The largest absolute Gasteiger partial charge is 0.507 e. The van der Waals surface area contributed by atoms with Crippen molar-refractivity contribution in [3.05, 3.63) is 42.0 Å². The van der Waals surface area contributed by atoms with Crippen molar-refractivity contribution in [2.24, 2.45) is 0 Å². The minimum absolute atomic E-state index is 0.0564.